The molecule has 0 radical (unpaired) electrons. The van der Waals surface area contributed by atoms with Crippen LogP contribution in [0.1, 0.15) is 29.3 Å². The summed E-state index contributed by atoms with van der Waals surface area (Å²) in [6.07, 6.45) is 2.16. The van der Waals surface area contributed by atoms with E-state index >= 15 is 0 Å². The number of nitrogens with zero attached hydrogens (tertiary/aromatic N) is 2. The lowest BCUT2D eigenvalue weighted by Gasteiger charge is -2.23. The van der Waals surface area contributed by atoms with E-state index in [2.05, 4.69) is 10.4 Å². The van der Waals surface area contributed by atoms with E-state index in [4.69, 9.17) is 0 Å². The van der Waals surface area contributed by atoms with Gasteiger partial charge in [-0.25, -0.2) is 8.42 Å². The lowest BCUT2D eigenvalue weighted by molar-refractivity contribution is 0.0916. The smallest absolute Gasteiger partial charge is 0.255 e. The van der Waals surface area contributed by atoms with Crippen LogP contribution in [-0.4, -0.2) is 41.2 Å². The van der Waals surface area contributed by atoms with Crippen LogP contribution in [0, 0.1) is 0 Å². The number of hydrogen-bond acceptors (Lipinski definition) is 5. The summed E-state index contributed by atoms with van der Waals surface area (Å²) in [5.41, 5.74) is 1.42. The van der Waals surface area contributed by atoms with E-state index in [1.807, 2.05) is 47.8 Å². The zero-order chi connectivity index (χ0) is 19.8. The Balaban J connectivity index is 1.64. The number of hydrogen-bond donors (Lipinski definition) is 1. The van der Waals surface area contributed by atoms with Gasteiger partial charge in [-0.05, 0) is 30.4 Å². The number of aromatic nitrogens is 2. The zero-order valence-electron chi connectivity index (χ0n) is 15.5. The Hall–Kier alpha value is -2.45. The molecule has 1 aromatic carbocycles. The molecule has 28 heavy (non-hydrogen) atoms. The number of benzene rings is 1. The molecule has 1 N–H and O–H groups in total. The standard InChI is InChI=1S/C20H21N3O3S2/c1-20(9-11-28(25,26)14-20)21-19(24)16-13-23(12-15-6-3-2-4-7-15)22-18(16)17-8-5-10-27-17/h2-8,10,13H,9,11-12,14H2,1H3,(H,21,24). The van der Waals surface area contributed by atoms with Crippen molar-refractivity contribution in [3.05, 3.63) is 65.2 Å². The fraction of sp³-hybridized carbons (Fsp3) is 0.300. The maximum absolute atomic E-state index is 13.0. The van der Waals surface area contributed by atoms with Crippen molar-refractivity contribution in [1.29, 1.82) is 0 Å². The maximum Gasteiger partial charge on any atom is 0.255 e. The Morgan fingerprint density at radius 1 is 1.25 bits per heavy atom. The summed E-state index contributed by atoms with van der Waals surface area (Å²) in [4.78, 5) is 13.9. The Morgan fingerprint density at radius 2 is 2.04 bits per heavy atom. The van der Waals surface area contributed by atoms with Gasteiger partial charge in [0.2, 0.25) is 0 Å². The number of carbonyl (C=O) groups excluding carboxylic acids is 1. The molecule has 0 aliphatic carbocycles. The van der Waals surface area contributed by atoms with Crippen LogP contribution in [0.25, 0.3) is 10.6 Å². The lowest BCUT2D eigenvalue weighted by atomic mass is 10.0. The summed E-state index contributed by atoms with van der Waals surface area (Å²) >= 11 is 1.52. The van der Waals surface area contributed by atoms with Crippen molar-refractivity contribution in [2.45, 2.75) is 25.4 Å². The molecular weight excluding hydrogens is 394 g/mol. The predicted octanol–water partition coefficient (Wildman–Crippen LogP) is 2.97. The Labute approximate surface area is 168 Å². The Morgan fingerprint density at radius 3 is 2.68 bits per heavy atom. The second-order valence-electron chi connectivity index (χ2n) is 7.41. The molecule has 4 rings (SSSR count). The fourth-order valence-corrected chi connectivity index (χ4v) is 6.30. The van der Waals surface area contributed by atoms with Gasteiger partial charge in [0.05, 0.1) is 34.0 Å². The monoisotopic (exact) mass is 415 g/mol. The molecule has 0 bridgehead atoms. The molecule has 3 aromatic rings. The molecule has 3 heterocycles. The molecule has 8 heteroatoms. The minimum atomic E-state index is -3.10. The summed E-state index contributed by atoms with van der Waals surface area (Å²) < 4.78 is 25.5. The van der Waals surface area contributed by atoms with E-state index in [-0.39, 0.29) is 17.4 Å². The number of amides is 1. The highest BCUT2D eigenvalue weighted by Gasteiger charge is 2.40. The first-order valence-electron chi connectivity index (χ1n) is 9.02. The third kappa shape index (κ3) is 4.02. The molecule has 0 saturated carbocycles. The second kappa shape index (κ2) is 7.18. The third-order valence-electron chi connectivity index (χ3n) is 4.87. The van der Waals surface area contributed by atoms with Gasteiger partial charge in [-0.3, -0.25) is 9.48 Å². The summed E-state index contributed by atoms with van der Waals surface area (Å²) in [5, 5.41) is 9.53. The van der Waals surface area contributed by atoms with E-state index in [1.165, 1.54) is 11.3 Å². The van der Waals surface area contributed by atoms with Crippen molar-refractivity contribution in [3.8, 4) is 10.6 Å². The van der Waals surface area contributed by atoms with Gasteiger partial charge in [0.15, 0.2) is 9.84 Å². The van der Waals surface area contributed by atoms with Gasteiger partial charge in [-0.2, -0.15) is 5.10 Å². The van der Waals surface area contributed by atoms with Crippen LogP contribution >= 0.6 is 11.3 Å². The molecule has 1 atom stereocenters. The van der Waals surface area contributed by atoms with Crippen molar-refractivity contribution in [2.75, 3.05) is 11.5 Å². The SMILES string of the molecule is CC1(NC(=O)c2cn(Cc3ccccc3)nc2-c2cccs2)CCS(=O)(=O)C1. The number of thiophene rings is 1. The van der Waals surface area contributed by atoms with Crippen molar-refractivity contribution >= 4 is 27.1 Å². The molecule has 1 unspecified atom stereocenters. The van der Waals surface area contributed by atoms with Gasteiger partial charge in [-0.15, -0.1) is 11.3 Å². The van der Waals surface area contributed by atoms with Crippen LogP contribution in [0.4, 0.5) is 0 Å². The Bertz CT molecular complexity index is 1090. The first kappa shape index (κ1) is 18.9. The highest BCUT2D eigenvalue weighted by atomic mass is 32.2. The number of carbonyl (C=O) groups is 1. The zero-order valence-corrected chi connectivity index (χ0v) is 17.1. The highest BCUT2D eigenvalue weighted by molar-refractivity contribution is 7.91. The topological polar surface area (TPSA) is 81.1 Å². The van der Waals surface area contributed by atoms with Crippen molar-refractivity contribution in [2.24, 2.45) is 0 Å². The van der Waals surface area contributed by atoms with Crippen LogP contribution < -0.4 is 5.32 Å². The molecule has 0 spiro atoms. The van der Waals surface area contributed by atoms with E-state index in [1.54, 1.807) is 17.8 Å². The largest absolute Gasteiger partial charge is 0.346 e. The third-order valence-corrected chi connectivity index (χ3v) is 7.65. The first-order chi connectivity index (χ1) is 13.3. The van der Waals surface area contributed by atoms with E-state index in [9.17, 15) is 13.2 Å². The average Bonchev–Trinajstić information content (AvgIpc) is 3.35. The highest BCUT2D eigenvalue weighted by Crippen LogP contribution is 2.29. The summed E-state index contributed by atoms with van der Waals surface area (Å²) in [5.74, 6) is -0.213. The number of nitrogens with one attached hydrogen (secondary N) is 1. The lowest BCUT2D eigenvalue weighted by Crippen LogP contribution is -2.47. The maximum atomic E-state index is 13.0. The molecule has 1 aliphatic heterocycles. The van der Waals surface area contributed by atoms with Gasteiger partial charge in [-0.1, -0.05) is 36.4 Å². The summed E-state index contributed by atoms with van der Waals surface area (Å²) in [6.45, 7) is 2.34. The van der Waals surface area contributed by atoms with Crippen LogP contribution in [0.5, 0.6) is 0 Å². The quantitative estimate of drug-likeness (QED) is 0.695. The van der Waals surface area contributed by atoms with Gasteiger partial charge in [0.25, 0.3) is 5.91 Å². The van der Waals surface area contributed by atoms with Crippen LogP contribution in [0.15, 0.2) is 54.0 Å². The normalized spacial score (nSPS) is 20.9. The number of sulfone groups is 1. The fourth-order valence-electron chi connectivity index (χ4n) is 3.48. The van der Waals surface area contributed by atoms with Crippen LogP contribution in [-0.2, 0) is 16.4 Å². The number of rotatable bonds is 5. The molecule has 6 nitrogen and oxygen atoms in total. The molecule has 2 aromatic heterocycles. The molecule has 1 aliphatic rings. The minimum Gasteiger partial charge on any atom is -0.346 e. The van der Waals surface area contributed by atoms with Gasteiger partial charge >= 0.3 is 0 Å². The molecule has 1 fully saturated rings. The van der Waals surface area contributed by atoms with Gasteiger partial charge in [0, 0.05) is 6.20 Å². The Kier molecular flexibility index (Phi) is 4.84. The molecule has 1 amide bonds. The predicted molar refractivity (Wildman–Crippen MR) is 110 cm³/mol. The summed E-state index contributed by atoms with van der Waals surface area (Å²) in [6, 6.07) is 13.8. The second-order valence-corrected chi connectivity index (χ2v) is 10.5. The van der Waals surface area contributed by atoms with Crippen molar-refractivity contribution in [1.82, 2.24) is 15.1 Å². The average molecular weight is 416 g/mol. The summed E-state index contributed by atoms with van der Waals surface area (Å²) in [7, 11) is -3.10. The van der Waals surface area contributed by atoms with Crippen molar-refractivity contribution in [3.63, 3.8) is 0 Å². The molecule has 1 saturated heterocycles. The first-order valence-corrected chi connectivity index (χ1v) is 11.7. The minimum absolute atomic E-state index is 0.0295. The van der Waals surface area contributed by atoms with Gasteiger partial charge in [0.1, 0.15) is 5.69 Å². The van der Waals surface area contributed by atoms with Gasteiger partial charge < -0.3 is 5.32 Å². The molecule has 146 valence electrons. The van der Waals surface area contributed by atoms with E-state index in [0.717, 1.165) is 10.4 Å². The van der Waals surface area contributed by atoms with E-state index in [0.29, 0.717) is 24.2 Å². The van der Waals surface area contributed by atoms with Crippen LogP contribution in [0.2, 0.25) is 0 Å². The molecular formula is C20H21N3O3S2. The van der Waals surface area contributed by atoms with Crippen molar-refractivity contribution < 1.29 is 13.2 Å². The van der Waals surface area contributed by atoms with Crippen LogP contribution in [0.3, 0.4) is 0 Å². The van der Waals surface area contributed by atoms with E-state index < -0.39 is 15.4 Å².